The molecule has 1 aliphatic rings. The Morgan fingerprint density at radius 2 is 2.25 bits per heavy atom. The number of aliphatic carboxylic acids is 1. The lowest BCUT2D eigenvalue weighted by Gasteiger charge is -2.39. The zero-order valence-corrected chi connectivity index (χ0v) is 11.7. The molecule has 1 N–H and O–H groups in total. The molecule has 106 valence electrons. The van der Waals surface area contributed by atoms with Crippen molar-refractivity contribution in [2.75, 3.05) is 18.0 Å². The van der Waals surface area contributed by atoms with E-state index in [1.807, 2.05) is 11.8 Å². The summed E-state index contributed by atoms with van der Waals surface area (Å²) in [7, 11) is 0. The van der Waals surface area contributed by atoms with Crippen molar-refractivity contribution >= 4 is 11.8 Å². The molecule has 1 aromatic heterocycles. The molecule has 1 saturated heterocycles. The highest BCUT2D eigenvalue weighted by Gasteiger charge is 2.41. The van der Waals surface area contributed by atoms with Crippen molar-refractivity contribution in [2.45, 2.75) is 32.6 Å². The predicted molar refractivity (Wildman–Crippen MR) is 75.4 cm³/mol. The Hall–Kier alpha value is -2.09. The molecule has 0 spiro atoms. The van der Waals surface area contributed by atoms with Crippen LogP contribution in [-0.2, 0) is 4.79 Å². The molecule has 20 heavy (non-hydrogen) atoms. The van der Waals surface area contributed by atoms with Gasteiger partial charge in [-0.15, -0.1) is 0 Å². The van der Waals surface area contributed by atoms with Crippen LogP contribution in [0.15, 0.2) is 18.3 Å². The van der Waals surface area contributed by atoms with E-state index in [-0.39, 0.29) is 0 Å². The summed E-state index contributed by atoms with van der Waals surface area (Å²) in [5.74, 6) is -0.0222. The topological polar surface area (TPSA) is 77.2 Å². The van der Waals surface area contributed by atoms with Gasteiger partial charge in [-0.05, 0) is 31.4 Å². The van der Waals surface area contributed by atoms with Crippen LogP contribution in [0.3, 0.4) is 0 Å². The fraction of sp³-hybridized carbons (Fsp3) is 0.533. The highest BCUT2D eigenvalue weighted by atomic mass is 16.4. The summed E-state index contributed by atoms with van der Waals surface area (Å²) in [6, 6.07) is 5.63. The van der Waals surface area contributed by atoms with Crippen LogP contribution in [0.25, 0.3) is 0 Å². The van der Waals surface area contributed by atoms with Crippen LogP contribution in [0.5, 0.6) is 0 Å². The Morgan fingerprint density at radius 1 is 1.55 bits per heavy atom. The Balaban J connectivity index is 2.15. The number of anilines is 1. The second-order valence-corrected chi connectivity index (χ2v) is 5.31. The molecule has 1 aliphatic heterocycles. The Morgan fingerprint density at radius 3 is 2.80 bits per heavy atom. The van der Waals surface area contributed by atoms with E-state index in [0.717, 1.165) is 6.42 Å². The largest absolute Gasteiger partial charge is 0.481 e. The third-order valence-electron chi connectivity index (χ3n) is 4.11. The molecular weight excluding hydrogens is 254 g/mol. The quantitative estimate of drug-likeness (QED) is 0.911. The number of rotatable bonds is 4. The second kappa shape index (κ2) is 5.91. The summed E-state index contributed by atoms with van der Waals surface area (Å²) >= 11 is 0. The minimum atomic E-state index is -0.694. The monoisotopic (exact) mass is 273 g/mol. The van der Waals surface area contributed by atoms with Crippen molar-refractivity contribution in [1.82, 2.24) is 4.98 Å². The van der Waals surface area contributed by atoms with Gasteiger partial charge in [0.05, 0.1) is 11.0 Å². The lowest BCUT2D eigenvalue weighted by atomic mass is 9.75. The zero-order chi connectivity index (χ0) is 14.6. The molecule has 2 rings (SSSR count). The van der Waals surface area contributed by atoms with Crippen molar-refractivity contribution in [3.05, 3.63) is 23.9 Å². The summed E-state index contributed by atoms with van der Waals surface area (Å²) in [4.78, 5) is 17.8. The molecular formula is C15H19N3O2. The van der Waals surface area contributed by atoms with E-state index in [0.29, 0.717) is 43.7 Å². The van der Waals surface area contributed by atoms with E-state index in [2.05, 4.69) is 11.1 Å². The number of pyridine rings is 1. The van der Waals surface area contributed by atoms with E-state index in [4.69, 9.17) is 5.26 Å². The van der Waals surface area contributed by atoms with Crippen LogP contribution in [0, 0.1) is 16.7 Å². The van der Waals surface area contributed by atoms with Crippen LogP contribution < -0.4 is 4.90 Å². The van der Waals surface area contributed by atoms with E-state index in [9.17, 15) is 9.90 Å². The number of carbonyl (C=O) groups is 1. The van der Waals surface area contributed by atoms with Crippen molar-refractivity contribution in [1.29, 1.82) is 5.26 Å². The van der Waals surface area contributed by atoms with Gasteiger partial charge in [0.15, 0.2) is 0 Å². The van der Waals surface area contributed by atoms with Gasteiger partial charge in [0, 0.05) is 19.3 Å². The first kappa shape index (κ1) is 14.3. The number of carboxylic acid groups (broad SMARTS) is 1. The first-order valence-corrected chi connectivity index (χ1v) is 6.96. The summed E-state index contributed by atoms with van der Waals surface area (Å²) in [5, 5.41) is 18.6. The lowest BCUT2D eigenvalue weighted by molar-refractivity contribution is -0.150. The van der Waals surface area contributed by atoms with E-state index in [1.54, 1.807) is 18.3 Å². The first-order valence-electron chi connectivity index (χ1n) is 6.96. The van der Waals surface area contributed by atoms with Crippen molar-refractivity contribution in [2.24, 2.45) is 5.41 Å². The Labute approximate surface area is 118 Å². The third kappa shape index (κ3) is 2.60. The number of nitriles is 1. The van der Waals surface area contributed by atoms with Crippen molar-refractivity contribution in [3.8, 4) is 6.07 Å². The van der Waals surface area contributed by atoms with Gasteiger partial charge >= 0.3 is 5.97 Å². The van der Waals surface area contributed by atoms with Gasteiger partial charge in [0.1, 0.15) is 11.9 Å². The highest BCUT2D eigenvalue weighted by Crippen LogP contribution is 2.37. The highest BCUT2D eigenvalue weighted by molar-refractivity contribution is 5.75. The van der Waals surface area contributed by atoms with E-state index >= 15 is 0 Å². The summed E-state index contributed by atoms with van der Waals surface area (Å²) < 4.78 is 0. The number of piperidine rings is 1. The van der Waals surface area contributed by atoms with Gasteiger partial charge < -0.3 is 10.0 Å². The summed E-state index contributed by atoms with van der Waals surface area (Å²) in [5.41, 5.74) is -0.0573. The van der Waals surface area contributed by atoms with E-state index in [1.165, 1.54) is 0 Å². The fourth-order valence-corrected chi connectivity index (χ4v) is 2.93. The number of nitrogens with zero attached hydrogens (tertiary/aromatic N) is 3. The molecule has 0 aliphatic carbocycles. The Bertz CT molecular complexity index is 528. The van der Waals surface area contributed by atoms with Crippen LogP contribution in [-0.4, -0.2) is 29.1 Å². The molecule has 0 radical (unpaired) electrons. The lowest BCUT2D eigenvalue weighted by Crippen LogP contribution is -2.44. The number of hydrogen-bond acceptors (Lipinski definition) is 4. The van der Waals surface area contributed by atoms with Gasteiger partial charge in [-0.2, -0.15) is 5.26 Å². The van der Waals surface area contributed by atoms with Crippen LogP contribution >= 0.6 is 0 Å². The van der Waals surface area contributed by atoms with Crippen LogP contribution in [0.2, 0.25) is 0 Å². The molecule has 0 bridgehead atoms. The summed E-state index contributed by atoms with van der Waals surface area (Å²) in [6.07, 6.45) is 4.47. The van der Waals surface area contributed by atoms with Gasteiger partial charge in [-0.1, -0.05) is 13.3 Å². The molecule has 5 nitrogen and oxygen atoms in total. The minimum absolute atomic E-state index is 0.547. The van der Waals surface area contributed by atoms with Crippen LogP contribution in [0.4, 0.5) is 5.82 Å². The maximum Gasteiger partial charge on any atom is 0.309 e. The molecule has 0 amide bonds. The molecule has 2 heterocycles. The molecule has 0 unspecified atom stereocenters. The normalized spacial score (nSPS) is 17.5. The van der Waals surface area contributed by atoms with Crippen molar-refractivity contribution in [3.63, 3.8) is 0 Å². The molecule has 0 aromatic carbocycles. The zero-order valence-electron chi connectivity index (χ0n) is 11.7. The second-order valence-electron chi connectivity index (χ2n) is 5.31. The SMILES string of the molecule is CCCC1(C(=O)O)CCN(c2ncccc2C#N)CC1. The molecule has 0 atom stereocenters. The third-order valence-corrected chi connectivity index (χ3v) is 4.11. The summed E-state index contributed by atoms with van der Waals surface area (Å²) in [6.45, 7) is 3.29. The maximum atomic E-state index is 11.5. The van der Waals surface area contributed by atoms with Gasteiger partial charge in [-0.25, -0.2) is 4.98 Å². The average Bonchev–Trinajstić information content (AvgIpc) is 2.48. The average molecular weight is 273 g/mol. The van der Waals surface area contributed by atoms with Crippen molar-refractivity contribution < 1.29 is 9.90 Å². The van der Waals surface area contributed by atoms with Crippen LogP contribution in [0.1, 0.15) is 38.2 Å². The minimum Gasteiger partial charge on any atom is -0.481 e. The number of aromatic nitrogens is 1. The first-order chi connectivity index (χ1) is 9.63. The maximum absolute atomic E-state index is 11.5. The molecule has 1 aromatic rings. The van der Waals surface area contributed by atoms with E-state index < -0.39 is 11.4 Å². The smallest absolute Gasteiger partial charge is 0.309 e. The number of carboxylic acids is 1. The Kier molecular flexibility index (Phi) is 4.23. The molecule has 0 saturated carbocycles. The standard InChI is InChI=1S/C15H19N3O2/c1-2-5-15(14(19)20)6-9-18(10-7-15)13-12(11-16)4-3-8-17-13/h3-4,8H,2,5-7,9-10H2,1H3,(H,19,20). The fourth-order valence-electron chi connectivity index (χ4n) is 2.93. The predicted octanol–water partition coefficient (Wildman–Crippen LogP) is 2.42. The molecule has 5 heteroatoms. The van der Waals surface area contributed by atoms with Gasteiger partial charge in [0.2, 0.25) is 0 Å². The molecule has 1 fully saturated rings. The van der Waals surface area contributed by atoms with Gasteiger partial charge in [0.25, 0.3) is 0 Å². The number of hydrogen-bond donors (Lipinski definition) is 1. The van der Waals surface area contributed by atoms with Gasteiger partial charge in [-0.3, -0.25) is 4.79 Å².